The largest absolute Gasteiger partial charge is 0.353 e. The summed E-state index contributed by atoms with van der Waals surface area (Å²) in [4.78, 5) is 25.6. The van der Waals surface area contributed by atoms with Gasteiger partial charge in [-0.2, -0.15) is 0 Å². The van der Waals surface area contributed by atoms with Gasteiger partial charge >= 0.3 is 0 Å². The molecule has 3 aliphatic rings. The fraction of sp³-hybridized carbons (Fsp3) is 0.524. The molecule has 3 fully saturated rings. The lowest BCUT2D eigenvalue weighted by molar-refractivity contribution is -0.127. The van der Waals surface area contributed by atoms with E-state index in [2.05, 4.69) is 10.6 Å². The molecule has 2 saturated carbocycles. The van der Waals surface area contributed by atoms with Gasteiger partial charge in [0.05, 0.1) is 4.91 Å². The Labute approximate surface area is 163 Å². The summed E-state index contributed by atoms with van der Waals surface area (Å²) in [5.41, 5.74) is 0.429. The van der Waals surface area contributed by atoms with Crippen LogP contribution in [0.25, 0.3) is 6.08 Å². The van der Waals surface area contributed by atoms with Gasteiger partial charge in [-0.3, -0.25) is 9.59 Å². The first-order chi connectivity index (χ1) is 13.1. The lowest BCUT2D eigenvalue weighted by atomic mass is 9.84. The van der Waals surface area contributed by atoms with E-state index in [-0.39, 0.29) is 34.8 Å². The van der Waals surface area contributed by atoms with Crippen LogP contribution in [0.5, 0.6) is 0 Å². The molecule has 2 amide bonds. The molecular formula is C21H25FN2O2S. The highest BCUT2D eigenvalue weighted by molar-refractivity contribution is 8.04. The van der Waals surface area contributed by atoms with Crippen LogP contribution in [0.2, 0.25) is 0 Å². The second-order valence-electron chi connectivity index (χ2n) is 7.77. The van der Waals surface area contributed by atoms with Crippen LogP contribution < -0.4 is 10.6 Å². The van der Waals surface area contributed by atoms with Crippen molar-refractivity contribution in [3.63, 3.8) is 0 Å². The first-order valence-electron chi connectivity index (χ1n) is 9.84. The van der Waals surface area contributed by atoms with E-state index in [0.29, 0.717) is 22.9 Å². The second kappa shape index (κ2) is 8.05. The first-order valence-corrected chi connectivity index (χ1v) is 10.7. The molecule has 1 aliphatic heterocycles. The van der Waals surface area contributed by atoms with Crippen molar-refractivity contribution in [2.24, 2.45) is 5.92 Å². The molecular weight excluding hydrogens is 363 g/mol. The number of thioether (sulfide) groups is 1. The van der Waals surface area contributed by atoms with E-state index in [1.54, 1.807) is 24.3 Å². The Bertz CT molecular complexity index is 760. The number of nitrogens with one attached hydrogen (secondary N) is 2. The molecule has 1 aromatic carbocycles. The maximum Gasteiger partial charge on any atom is 0.257 e. The van der Waals surface area contributed by atoms with Gasteiger partial charge in [0, 0.05) is 28.8 Å². The van der Waals surface area contributed by atoms with Gasteiger partial charge in [0.15, 0.2) is 0 Å². The number of amides is 2. The van der Waals surface area contributed by atoms with Gasteiger partial charge < -0.3 is 10.6 Å². The SMILES string of the molecule is O=C1NC2CC(C(=O)NC3CCCC3)CCC2S/C1=C/c1ccccc1F. The van der Waals surface area contributed by atoms with Crippen molar-refractivity contribution in [3.8, 4) is 0 Å². The van der Waals surface area contributed by atoms with Crippen LogP contribution in [0.4, 0.5) is 4.39 Å². The Hall–Kier alpha value is -1.82. The van der Waals surface area contributed by atoms with E-state index in [9.17, 15) is 14.0 Å². The number of hydrogen-bond acceptors (Lipinski definition) is 3. The van der Waals surface area contributed by atoms with E-state index in [1.807, 2.05) is 0 Å². The van der Waals surface area contributed by atoms with E-state index in [1.165, 1.54) is 30.7 Å². The predicted molar refractivity (Wildman–Crippen MR) is 105 cm³/mol. The quantitative estimate of drug-likeness (QED) is 0.778. The van der Waals surface area contributed by atoms with E-state index in [4.69, 9.17) is 0 Å². The summed E-state index contributed by atoms with van der Waals surface area (Å²) in [5, 5.41) is 6.49. The van der Waals surface area contributed by atoms with E-state index >= 15 is 0 Å². The van der Waals surface area contributed by atoms with Crippen molar-refractivity contribution in [1.29, 1.82) is 0 Å². The fourth-order valence-corrected chi connectivity index (χ4v) is 5.64. The van der Waals surface area contributed by atoms with Crippen LogP contribution in [0.3, 0.4) is 0 Å². The Balaban J connectivity index is 1.39. The van der Waals surface area contributed by atoms with Gasteiger partial charge in [-0.25, -0.2) is 4.39 Å². The van der Waals surface area contributed by atoms with Crippen LogP contribution in [-0.4, -0.2) is 29.1 Å². The van der Waals surface area contributed by atoms with Gasteiger partial charge in [0.1, 0.15) is 5.82 Å². The van der Waals surface area contributed by atoms with Crippen LogP contribution in [0.1, 0.15) is 50.5 Å². The van der Waals surface area contributed by atoms with Gasteiger partial charge in [-0.05, 0) is 44.2 Å². The molecule has 4 rings (SSSR count). The molecule has 1 aromatic rings. The highest BCUT2D eigenvalue weighted by Crippen LogP contribution is 2.40. The molecule has 6 heteroatoms. The van der Waals surface area contributed by atoms with Crippen molar-refractivity contribution in [2.45, 2.75) is 62.3 Å². The van der Waals surface area contributed by atoms with Crippen LogP contribution in [0.15, 0.2) is 29.2 Å². The zero-order valence-electron chi connectivity index (χ0n) is 15.2. The summed E-state index contributed by atoms with van der Waals surface area (Å²) in [6.45, 7) is 0. The lowest BCUT2D eigenvalue weighted by Crippen LogP contribution is -2.52. The Morgan fingerprint density at radius 1 is 1.19 bits per heavy atom. The molecule has 2 aliphatic carbocycles. The number of benzene rings is 1. The van der Waals surface area contributed by atoms with Gasteiger partial charge in [-0.1, -0.05) is 31.0 Å². The minimum Gasteiger partial charge on any atom is -0.353 e. The Morgan fingerprint density at radius 2 is 1.96 bits per heavy atom. The summed E-state index contributed by atoms with van der Waals surface area (Å²) >= 11 is 1.52. The molecule has 0 radical (unpaired) electrons. The van der Waals surface area contributed by atoms with E-state index < -0.39 is 0 Å². The standard InChI is InChI=1S/C21H25FN2O2S/c22-16-8-4-1-5-13(16)12-19-21(26)24-17-11-14(9-10-18(17)27-19)20(25)23-15-6-2-3-7-15/h1,4-5,8,12,14-15,17-18H,2-3,6-7,9-11H2,(H,23,25)(H,24,26)/b19-12+. The van der Waals surface area contributed by atoms with Crippen LogP contribution >= 0.6 is 11.8 Å². The predicted octanol–water partition coefficient (Wildman–Crippen LogP) is 3.63. The summed E-state index contributed by atoms with van der Waals surface area (Å²) in [5.74, 6) is -0.369. The average molecular weight is 389 g/mol. The Kier molecular flexibility index (Phi) is 5.53. The summed E-state index contributed by atoms with van der Waals surface area (Å²) in [6, 6.07) is 6.81. The minimum atomic E-state index is -0.326. The third-order valence-electron chi connectivity index (χ3n) is 5.87. The summed E-state index contributed by atoms with van der Waals surface area (Å²) < 4.78 is 13.9. The highest BCUT2D eigenvalue weighted by atomic mass is 32.2. The van der Waals surface area contributed by atoms with Crippen molar-refractivity contribution >= 4 is 29.7 Å². The maximum absolute atomic E-state index is 13.9. The third-order valence-corrected chi connectivity index (χ3v) is 7.29. The monoisotopic (exact) mass is 388 g/mol. The fourth-order valence-electron chi connectivity index (χ4n) is 4.35. The molecule has 27 heavy (non-hydrogen) atoms. The normalized spacial score (nSPS) is 30.0. The molecule has 0 aromatic heterocycles. The first kappa shape index (κ1) is 18.5. The van der Waals surface area contributed by atoms with Crippen LogP contribution in [0, 0.1) is 11.7 Å². The number of hydrogen-bond donors (Lipinski definition) is 2. The second-order valence-corrected chi connectivity index (χ2v) is 9.05. The lowest BCUT2D eigenvalue weighted by Gasteiger charge is -2.39. The molecule has 1 saturated heterocycles. The maximum atomic E-state index is 13.9. The third kappa shape index (κ3) is 4.21. The van der Waals surface area contributed by atoms with Crippen molar-refractivity contribution in [3.05, 3.63) is 40.6 Å². The molecule has 3 atom stereocenters. The molecule has 4 nitrogen and oxygen atoms in total. The number of fused-ring (bicyclic) bond motifs is 1. The van der Waals surface area contributed by atoms with Crippen molar-refractivity contribution in [2.75, 3.05) is 0 Å². The van der Waals surface area contributed by atoms with Gasteiger partial charge in [0.25, 0.3) is 5.91 Å². The smallest absolute Gasteiger partial charge is 0.257 e. The van der Waals surface area contributed by atoms with Crippen LogP contribution in [-0.2, 0) is 9.59 Å². The van der Waals surface area contributed by atoms with Gasteiger partial charge in [-0.15, -0.1) is 11.8 Å². The highest BCUT2D eigenvalue weighted by Gasteiger charge is 2.40. The number of carbonyl (C=O) groups excluding carboxylic acids is 2. The number of rotatable bonds is 3. The van der Waals surface area contributed by atoms with Crippen molar-refractivity contribution in [1.82, 2.24) is 10.6 Å². The number of carbonyl (C=O) groups is 2. The molecule has 2 N–H and O–H groups in total. The zero-order chi connectivity index (χ0) is 18.8. The summed E-state index contributed by atoms with van der Waals surface area (Å²) in [7, 11) is 0. The number of halogens is 1. The molecule has 3 unspecified atom stereocenters. The molecule has 0 bridgehead atoms. The molecule has 1 heterocycles. The topological polar surface area (TPSA) is 58.2 Å². The average Bonchev–Trinajstić information content (AvgIpc) is 3.16. The van der Waals surface area contributed by atoms with E-state index in [0.717, 1.165) is 25.7 Å². The minimum absolute atomic E-state index is 0.00773. The van der Waals surface area contributed by atoms with Crippen molar-refractivity contribution < 1.29 is 14.0 Å². The summed E-state index contributed by atoms with van der Waals surface area (Å²) in [6.07, 6.45) is 8.61. The van der Waals surface area contributed by atoms with Gasteiger partial charge in [0.2, 0.25) is 5.91 Å². The zero-order valence-corrected chi connectivity index (χ0v) is 16.1. The Morgan fingerprint density at radius 3 is 2.74 bits per heavy atom. The molecule has 144 valence electrons. The molecule has 0 spiro atoms.